The van der Waals surface area contributed by atoms with E-state index in [4.69, 9.17) is 4.74 Å². The van der Waals surface area contributed by atoms with Gasteiger partial charge in [-0.1, -0.05) is 18.9 Å². The van der Waals surface area contributed by atoms with Crippen LogP contribution in [0.5, 0.6) is 5.75 Å². The molecule has 1 atom stereocenters. The number of fused-ring (bicyclic) bond motifs is 1. The van der Waals surface area contributed by atoms with Crippen LogP contribution in [0.1, 0.15) is 43.0 Å². The second-order valence-corrected chi connectivity index (χ2v) is 5.39. The van der Waals surface area contributed by atoms with Gasteiger partial charge in [0.25, 0.3) is 11.8 Å². The highest BCUT2D eigenvalue weighted by atomic mass is 16.5. The van der Waals surface area contributed by atoms with Crippen LogP contribution in [0.25, 0.3) is 0 Å². The van der Waals surface area contributed by atoms with Crippen LogP contribution in [0.2, 0.25) is 0 Å². The van der Waals surface area contributed by atoms with E-state index >= 15 is 0 Å². The van der Waals surface area contributed by atoms with E-state index in [1.54, 1.807) is 25.1 Å². The molecule has 0 radical (unpaired) electrons. The fourth-order valence-corrected chi connectivity index (χ4v) is 2.74. The summed E-state index contributed by atoms with van der Waals surface area (Å²) in [6.45, 7) is 1.67. The van der Waals surface area contributed by atoms with Crippen molar-refractivity contribution in [3.8, 4) is 5.75 Å². The molecule has 20 heavy (non-hydrogen) atoms. The molecule has 0 spiro atoms. The van der Waals surface area contributed by atoms with Gasteiger partial charge in [-0.2, -0.15) is 0 Å². The Morgan fingerprint density at radius 1 is 1.35 bits per heavy atom. The van der Waals surface area contributed by atoms with Crippen LogP contribution >= 0.6 is 0 Å². The molecule has 106 valence electrons. The summed E-state index contributed by atoms with van der Waals surface area (Å²) >= 11 is 0. The molecule has 0 bridgehead atoms. The van der Waals surface area contributed by atoms with Crippen LogP contribution in [0.15, 0.2) is 18.2 Å². The summed E-state index contributed by atoms with van der Waals surface area (Å²) in [5.41, 5.74) is 1.05. The summed E-state index contributed by atoms with van der Waals surface area (Å²) in [7, 11) is 0. The van der Waals surface area contributed by atoms with Crippen LogP contribution < -0.4 is 15.4 Å². The van der Waals surface area contributed by atoms with Crippen LogP contribution in [-0.2, 0) is 4.79 Å². The van der Waals surface area contributed by atoms with Crippen molar-refractivity contribution in [3.63, 3.8) is 0 Å². The molecule has 5 nitrogen and oxygen atoms in total. The molecule has 0 saturated heterocycles. The molecule has 2 amide bonds. The van der Waals surface area contributed by atoms with Crippen LogP contribution in [0, 0.1) is 0 Å². The van der Waals surface area contributed by atoms with Crippen molar-refractivity contribution in [1.82, 2.24) is 5.32 Å². The average Bonchev–Trinajstić information content (AvgIpc) is 2.92. The molecular weight excluding hydrogens is 256 g/mol. The van der Waals surface area contributed by atoms with Crippen molar-refractivity contribution in [2.45, 2.75) is 44.8 Å². The average molecular weight is 274 g/mol. The smallest absolute Gasteiger partial charge is 0.265 e. The topological polar surface area (TPSA) is 67.4 Å². The van der Waals surface area contributed by atoms with Gasteiger partial charge in [-0.25, -0.2) is 0 Å². The van der Waals surface area contributed by atoms with Gasteiger partial charge in [0.15, 0.2) is 11.9 Å². The maximum atomic E-state index is 12.4. The van der Waals surface area contributed by atoms with Crippen molar-refractivity contribution in [2.75, 3.05) is 5.32 Å². The molecule has 2 aliphatic rings. The van der Waals surface area contributed by atoms with E-state index < -0.39 is 6.10 Å². The van der Waals surface area contributed by atoms with E-state index in [-0.39, 0.29) is 17.9 Å². The lowest BCUT2D eigenvalue weighted by Gasteiger charge is -2.25. The molecule has 1 aliphatic carbocycles. The Kier molecular flexibility index (Phi) is 3.34. The molecule has 0 aromatic heterocycles. The number of hydrogen-bond acceptors (Lipinski definition) is 3. The summed E-state index contributed by atoms with van der Waals surface area (Å²) in [4.78, 5) is 23.9. The fraction of sp³-hybridized carbons (Fsp3) is 0.467. The molecule has 1 aromatic carbocycles. The minimum Gasteiger partial charge on any atom is -0.478 e. The standard InChI is InChI=1S/C15H18N2O3/c1-9-14(18)17-12-8-4-7-11(13(12)20-9)15(19)16-10-5-2-3-6-10/h4,7-10H,2-3,5-6H2,1H3,(H,16,19)(H,17,18). The quantitative estimate of drug-likeness (QED) is 0.867. The maximum Gasteiger partial charge on any atom is 0.265 e. The number of carbonyl (C=O) groups is 2. The first-order chi connectivity index (χ1) is 9.65. The Morgan fingerprint density at radius 3 is 2.85 bits per heavy atom. The Bertz CT molecular complexity index is 550. The number of benzene rings is 1. The lowest BCUT2D eigenvalue weighted by molar-refractivity contribution is -0.122. The Labute approximate surface area is 117 Å². The van der Waals surface area contributed by atoms with Gasteiger partial charge in [0.2, 0.25) is 0 Å². The SMILES string of the molecule is CC1Oc2c(cccc2C(=O)NC2CCCC2)NC1=O. The van der Waals surface area contributed by atoms with Gasteiger partial charge in [-0.15, -0.1) is 0 Å². The number of carbonyl (C=O) groups excluding carboxylic acids is 2. The monoisotopic (exact) mass is 274 g/mol. The summed E-state index contributed by atoms with van der Waals surface area (Å²) in [6.07, 6.45) is 3.83. The zero-order chi connectivity index (χ0) is 14.1. The van der Waals surface area contributed by atoms with Gasteiger partial charge in [0.05, 0.1) is 11.3 Å². The van der Waals surface area contributed by atoms with Gasteiger partial charge in [-0.05, 0) is 31.9 Å². The van der Waals surface area contributed by atoms with E-state index in [0.29, 0.717) is 17.0 Å². The molecule has 1 heterocycles. The van der Waals surface area contributed by atoms with Gasteiger partial charge in [0, 0.05) is 6.04 Å². The first-order valence-electron chi connectivity index (χ1n) is 7.06. The summed E-state index contributed by atoms with van der Waals surface area (Å²) < 4.78 is 5.59. The van der Waals surface area contributed by atoms with E-state index in [9.17, 15) is 9.59 Å². The fourth-order valence-electron chi connectivity index (χ4n) is 2.74. The lowest BCUT2D eigenvalue weighted by Crippen LogP contribution is -2.37. The molecule has 1 saturated carbocycles. The van der Waals surface area contributed by atoms with Crippen LogP contribution in [-0.4, -0.2) is 24.0 Å². The summed E-state index contributed by atoms with van der Waals surface area (Å²) in [5.74, 6) is 0.151. The Balaban J connectivity index is 1.84. The van der Waals surface area contributed by atoms with Crippen molar-refractivity contribution in [1.29, 1.82) is 0 Å². The Morgan fingerprint density at radius 2 is 2.10 bits per heavy atom. The molecular formula is C15H18N2O3. The number of ether oxygens (including phenoxy) is 1. The minimum absolute atomic E-state index is 0.128. The van der Waals surface area contributed by atoms with Gasteiger partial charge in [0.1, 0.15) is 0 Å². The minimum atomic E-state index is -0.581. The molecule has 5 heteroatoms. The zero-order valence-corrected chi connectivity index (χ0v) is 11.4. The summed E-state index contributed by atoms with van der Waals surface area (Å²) in [5, 5.41) is 5.79. The highest BCUT2D eigenvalue weighted by Gasteiger charge is 2.28. The molecule has 2 N–H and O–H groups in total. The molecule has 1 unspecified atom stereocenters. The first-order valence-corrected chi connectivity index (χ1v) is 7.06. The molecule has 1 aliphatic heterocycles. The van der Waals surface area contributed by atoms with E-state index in [1.165, 1.54) is 12.8 Å². The second-order valence-electron chi connectivity index (χ2n) is 5.39. The normalized spacial score (nSPS) is 21.9. The van der Waals surface area contributed by atoms with Gasteiger partial charge >= 0.3 is 0 Å². The number of nitrogens with one attached hydrogen (secondary N) is 2. The highest BCUT2D eigenvalue weighted by Crippen LogP contribution is 2.33. The third-order valence-corrected chi connectivity index (χ3v) is 3.87. The Hall–Kier alpha value is -2.04. The molecule has 3 rings (SSSR count). The highest BCUT2D eigenvalue weighted by molar-refractivity contribution is 6.04. The maximum absolute atomic E-state index is 12.4. The summed E-state index contributed by atoms with van der Waals surface area (Å²) in [6, 6.07) is 5.48. The first kappa shape index (κ1) is 13.0. The zero-order valence-electron chi connectivity index (χ0n) is 11.4. The lowest BCUT2D eigenvalue weighted by atomic mass is 10.1. The third-order valence-electron chi connectivity index (χ3n) is 3.87. The van der Waals surface area contributed by atoms with Crippen LogP contribution in [0.3, 0.4) is 0 Å². The predicted octanol–water partition coefficient (Wildman–Crippen LogP) is 2.08. The van der Waals surface area contributed by atoms with E-state index in [1.807, 2.05) is 0 Å². The predicted molar refractivity (Wildman–Crippen MR) is 74.9 cm³/mol. The van der Waals surface area contributed by atoms with Crippen LogP contribution in [0.4, 0.5) is 5.69 Å². The molecule has 1 aromatic rings. The van der Waals surface area contributed by atoms with Crippen molar-refractivity contribution >= 4 is 17.5 Å². The van der Waals surface area contributed by atoms with E-state index in [2.05, 4.69) is 10.6 Å². The number of anilines is 1. The number of hydrogen-bond donors (Lipinski definition) is 2. The third kappa shape index (κ3) is 2.35. The second kappa shape index (κ2) is 5.15. The largest absolute Gasteiger partial charge is 0.478 e. The van der Waals surface area contributed by atoms with Crippen molar-refractivity contribution < 1.29 is 14.3 Å². The van der Waals surface area contributed by atoms with Gasteiger partial charge in [-0.3, -0.25) is 9.59 Å². The van der Waals surface area contributed by atoms with Crippen molar-refractivity contribution in [3.05, 3.63) is 23.8 Å². The number of amides is 2. The van der Waals surface area contributed by atoms with E-state index in [0.717, 1.165) is 12.8 Å². The van der Waals surface area contributed by atoms with Gasteiger partial charge < -0.3 is 15.4 Å². The number of rotatable bonds is 2. The molecule has 1 fully saturated rings. The van der Waals surface area contributed by atoms with Crippen molar-refractivity contribution in [2.24, 2.45) is 0 Å². The number of para-hydroxylation sites is 1.